The number of hydrogen-bond acceptors (Lipinski definition) is 0. The lowest BCUT2D eigenvalue weighted by atomic mass is 9.62. The molecule has 2 fully saturated rings. The van der Waals surface area contributed by atoms with Crippen molar-refractivity contribution in [2.24, 2.45) is 22.7 Å². The van der Waals surface area contributed by atoms with Crippen molar-refractivity contribution in [3.63, 3.8) is 0 Å². The first-order chi connectivity index (χ1) is 7.86. The van der Waals surface area contributed by atoms with Gasteiger partial charge in [-0.3, -0.25) is 0 Å². The van der Waals surface area contributed by atoms with Gasteiger partial charge in [0, 0.05) is 0 Å². The normalized spacial score (nSPS) is 39.8. The van der Waals surface area contributed by atoms with E-state index < -0.39 is 0 Å². The second-order valence-electron chi connectivity index (χ2n) is 7.71. The molecule has 17 heavy (non-hydrogen) atoms. The average Bonchev–Trinajstić information content (AvgIpc) is 2.87. The van der Waals surface area contributed by atoms with Gasteiger partial charge in [-0.2, -0.15) is 0 Å². The molecule has 0 aromatic rings. The monoisotopic (exact) mass is 234 g/mol. The second kappa shape index (κ2) is 4.44. The maximum Gasteiger partial charge on any atom is -0.0258 e. The first kappa shape index (κ1) is 13.2. The van der Waals surface area contributed by atoms with E-state index in [-0.39, 0.29) is 0 Å². The van der Waals surface area contributed by atoms with Gasteiger partial charge in [0.25, 0.3) is 0 Å². The van der Waals surface area contributed by atoms with Gasteiger partial charge in [0.1, 0.15) is 0 Å². The van der Waals surface area contributed by atoms with Crippen molar-refractivity contribution in [3.05, 3.63) is 11.6 Å². The Hall–Kier alpha value is -0.260. The lowest BCUT2D eigenvalue weighted by Gasteiger charge is -2.43. The summed E-state index contributed by atoms with van der Waals surface area (Å²) in [6.07, 6.45) is 11.1. The number of allylic oxidation sites excluding steroid dienone is 2. The molecule has 0 aromatic heterocycles. The Bertz CT molecular complexity index is 306. The number of rotatable bonds is 3. The van der Waals surface area contributed by atoms with Gasteiger partial charge in [-0.25, -0.2) is 0 Å². The predicted octanol–water partition coefficient (Wildman–Crippen LogP) is 5.59. The molecule has 0 bridgehead atoms. The smallest absolute Gasteiger partial charge is 0.0258 e. The van der Waals surface area contributed by atoms with Crippen LogP contribution in [-0.4, -0.2) is 0 Å². The topological polar surface area (TPSA) is 0 Å². The Morgan fingerprint density at radius 1 is 1.18 bits per heavy atom. The van der Waals surface area contributed by atoms with Gasteiger partial charge in [0.15, 0.2) is 0 Å². The minimum atomic E-state index is 0.590. The predicted molar refractivity (Wildman–Crippen MR) is 76.0 cm³/mol. The summed E-state index contributed by atoms with van der Waals surface area (Å²) >= 11 is 0. The lowest BCUT2D eigenvalue weighted by molar-refractivity contribution is 0.0680. The zero-order valence-electron chi connectivity index (χ0n) is 12.5. The van der Waals surface area contributed by atoms with Crippen LogP contribution in [0, 0.1) is 22.7 Å². The van der Waals surface area contributed by atoms with Gasteiger partial charge < -0.3 is 0 Å². The quantitative estimate of drug-likeness (QED) is 0.559. The standard InChI is InChI=1S/C17H30/c1-13(2)9-10-14-12-17(14,5)15-8-6-7-11-16(15,3)4/h9,14-15H,6-8,10-12H2,1-5H3. The summed E-state index contributed by atoms with van der Waals surface area (Å²) in [6.45, 7) is 12.0. The van der Waals surface area contributed by atoms with Crippen LogP contribution < -0.4 is 0 Å². The van der Waals surface area contributed by atoms with E-state index in [0.29, 0.717) is 10.8 Å². The zero-order chi connectivity index (χ0) is 12.7. The Kier molecular flexibility index (Phi) is 3.45. The fourth-order valence-corrected chi connectivity index (χ4v) is 4.35. The van der Waals surface area contributed by atoms with Crippen LogP contribution in [0.1, 0.15) is 73.1 Å². The van der Waals surface area contributed by atoms with Gasteiger partial charge in [-0.1, -0.05) is 45.3 Å². The number of hydrogen-bond donors (Lipinski definition) is 0. The van der Waals surface area contributed by atoms with Gasteiger partial charge in [-0.15, -0.1) is 0 Å². The maximum absolute atomic E-state index is 2.56. The molecule has 2 aliphatic carbocycles. The highest BCUT2D eigenvalue weighted by Crippen LogP contribution is 2.66. The third-order valence-electron chi connectivity index (χ3n) is 5.57. The summed E-state index contributed by atoms with van der Waals surface area (Å²) in [6, 6.07) is 0. The molecule has 0 heterocycles. The lowest BCUT2D eigenvalue weighted by Crippen LogP contribution is -2.34. The van der Waals surface area contributed by atoms with E-state index >= 15 is 0 Å². The first-order valence-electron chi connectivity index (χ1n) is 7.49. The summed E-state index contributed by atoms with van der Waals surface area (Å²) in [5.74, 6) is 1.94. The molecule has 0 radical (unpaired) electrons. The summed E-state index contributed by atoms with van der Waals surface area (Å²) in [7, 11) is 0. The van der Waals surface area contributed by atoms with E-state index in [1.165, 1.54) is 44.1 Å². The fraction of sp³-hybridized carbons (Fsp3) is 0.882. The summed E-state index contributed by atoms with van der Waals surface area (Å²) < 4.78 is 0. The van der Waals surface area contributed by atoms with Crippen LogP contribution in [0.15, 0.2) is 11.6 Å². The minimum Gasteiger partial charge on any atom is -0.0856 e. The third kappa shape index (κ3) is 2.61. The molecule has 0 heteroatoms. The molecule has 3 atom stereocenters. The van der Waals surface area contributed by atoms with Crippen LogP contribution in [-0.2, 0) is 0 Å². The molecule has 2 saturated carbocycles. The van der Waals surface area contributed by atoms with Crippen molar-refractivity contribution in [3.8, 4) is 0 Å². The first-order valence-corrected chi connectivity index (χ1v) is 7.49. The Labute approximate surface area is 108 Å². The van der Waals surface area contributed by atoms with Gasteiger partial charge in [-0.05, 0) is 62.2 Å². The molecule has 0 aliphatic heterocycles. The molecular weight excluding hydrogens is 204 g/mol. The molecule has 3 unspecified atom stereocenters. The van der Waals surface area contributed by atoms with E-state index in [2.05, 4.69) is 40.7 Å². The molecule has 0 aromatic carbocycles. The van der Waals surface area contributed by atoms with E-state index in [0.717, 1.165) is 11.8 Å². The second-order valence-corrected chi connectivity index (χ2v) is 7.71. The highest BCUT2D eigenvalue weighted by Gasteiger charge is 2.57. The largest absolute Gasteiger partial charge is 0.0856 e. The molecule has 0 saturated heterocycles. The van der Waals surface area contributed by atoms with E-state index in [4.69, 9.17) is 0 Å². The maximum atomic E-state index is 2.56. The van der Waals surface area contributed by atoms with Crippen molar-refractivity contribution in [1.29, 1.82) is 0 Å². The van der Waals surface area contributed by atoms with Gasteiger partial charge >= 0.3 is 0 Å². The molecule has 98 valence electrons. The Morgan fingerprint density at radius 2 is 1.88 bits per heavy atom. The van der Waals surface area contributed by atoms with Crippen LogP contribution in [0.3, 0.4) is 0 Å². The van der Waals surface area contributed by atoms with Crippen LogP contribution in [0.4, 0.5) is 0 Å². The van der Waals surface area contributed by atoms with Crippen LogP contribution >= 0.6 is 0 Å². The van der Waals surface area contributed by atoms with E-state index in [9.17, 15) is 0 Å². The molecule has 0 N–H and O–H groups in total. The van der Waals surface area contributed by atoms with Crippen LogP contribution in [0.2, 0.25) is 0 Å². The molecule has 2 aliphatic rings. The van der Waals surface area contributed by atoms with Crippen molar-refractivity contribution in [2.45, 2.75) is 73.1 Å². The van der Waals surface area contributed by atoms with Crippen molar-refractivity contribution in [1.82, 2.24) is 0 Å². The highest BCUT2D eigenvalue weighted by molar-refractivity contribution is 5.10. The Balaban J connectivity index is 2.01. The van der Waals surface area contributed by atoms with Crippen molar-refractivity contribution in [2.75, 3.05) is 0 Å². The highest BCUT2D eigenvalue weighted by atomic mass is 14.6. The van der Waals surface area contributed by atoms with Crippen LogP contribution in [0.25, 0.3) is 0 Å². The molecule has 0 nitrogen and oxygen atoms in total. The summed E-state index contributed by atoms with van der Waals surface area (Å²) in [4.78, 5) is 0. The fourth-order valence-electron chi connectivity index (χ4n) is 4.35. The Morgan fingerprint density at radius 3 is 2.47 bits per heavy atom. The van der Waals surface area contributed by atoms with E-state index in [1.807, 2.05) is 0 Å². The van der Waals surface area contributed by atoms with Crippen molar-refractivity contribution >= 4 is 0 Å². The molecular formula is C17H30. The van der Waals surface area contributed by atoms with Crippen molar-refractivity contribution < 1.29 is 0 Å². The molecule has 2 rings (SSSR count). The van der Waals surface area contributed by atoms with Crippen LogP contribution in [0.5, 0.6) is 0 Å². The summed E-state index contributed by atoms with van der Waals surface area (Å²) in [5, 5.41) is 0. The average molecular weight is 234 g/mol. The van der Waals surface area contributed by atoms with Gasteiger partial charge in [0.05, 0.1) is 0 Å². The molecule has 0 spiro atoms. The SMILES string of the molecule is CC(C)=CCC1CC1(C)C1CCCCC1(C)C. The summed E-state index contributed by atoms with van der Waals surface area (Å²) in [5.41, 5.74) is 2.74. The third-order valence-corrected chi connectivity index (χ3v) is 5.57. The molecule has 0 amide bonds. The van der Waals surface area contributed by atoms with E-state index in [1.54, 1.807) is 0 Å². The van der Waals surface area contributed by atoms with Gasteiger partial charge in [0.2, 0.25) is 0 Å². The zero-order valence-corrected chi connectivity index (χ0v) is 12.5. The minimum absolute atomic E-state index is 0.590.